The third-order valence-corrected chi connectivity index (χ3v) is 2.39. The lowest BCUT2D eigenvalue weighted by Crippen LogP contribution is -2.51. The van der Waals surface area contributed by atoms with E-state index in [1.54, 1.807) is 13.8 Å². The quantitative estimate of drug-likeness (QED) is 0.605. The second kappa shape index (κ2) is 6.19. The fraction of sp³-hybridized carbons (Fsp3) is 0.545. The minimum atomic E-state index is -1.38. The number of carboxylic acids is 1. The minimum absolute atomic E-state index is 0.316. The molecule has 0 bridgehead atoms. The number of urea groups is 1. The molecule has 0 radical (unpaired) electrons. The first-order chi connectivity index (χ1) is 8.81. The van der Waals surface area contributed by atoms with E-state index in [2.05, 4.69) is 15.6 Å². The van der Waals surface area contributed by atoms with E-state index in [9.17, 15) is 14.7 Å². The number of nitrogens with one attached hydrogen (secondary N) is 2. The summed E-state index contributed by atoms with van der Waals surface area (Å²) in [4.78, 5) is 26.3. The molecule has 0 aliphatic carbocycles. The van der Waals surface area contributed by atoms with E-state index in [-0.39, 0.29) is 0 Å². The molecule has 1 aromatic heterocycles. The molecule has 0 spiro atoms. The van der Waals surface area contributed by atoms with Gasteiger partial charge in [-0.15, -0.1) is 0 Å². The van der Waals surface area contributed by atoms with Gasteiger partial charge in [-0.05, 0) is 20.8 Å². The summed E-state index contributed by atoms with van der Waals surface area (Å²) in [5.41, 5.74) is 0. The molecular formula is C11H17N3O5. The first kappa shape index (κ1) is 15.0. The Labute approximate surface area is 109 Å². The molecule has 8 heteroatoms. The highest BCUT2D eigenvalue weighted by Crippen LogP contribution is 2.11. The van der Waals surface area contributed by atoms with E-state index < -0.39 is 30.2 Å². The monoisotopic (exact) mass is 271 g/mol. The van der Waals surface area contributed by atoms with Crippen molar-refractivity contribution in [2.45, 2.75) is 39.0 Å². The lowest BCUT2D eigenvalue weighted by Gasteiger charge is -2.18. The molecule has 0 saturated heterocycles. The van der Waals surface area contributed by atoms with Crippen LogP contribution in [0.4, 0.5) is 4.79 Å². The topological polar surface area (TPSA) is 125 Å². The molecule has 0 aliphatic rings. The van der Waals surface area contributed by atoms with Crippen LogP contribution in [0.15, 0.2) is 10.6 Å². The van der Waals surface area contributed by atoms with Crippen molar-refractivity contribution in [1.82, 2.24) is 15.6 Å². The van der Waals surface area contributed by atoms with Crippen molar-refractivity contribution in [3.63, 3.8) is 0 Å². The van der Waals surface area contributed by atoms with Crippen LogP contribution in [0.1, 0.15) is 31.5 Å². The molecule has 106 valence electrons. The van der Waals surface area contributed by atoms with E-state index >= 15 is 0 Å². The Morgan fingerprint density at radius 3 is 2.42 bits per heavy atom. The summed E-state index contributed by atoms with van der Waals surface area (Å²) in [6.07, 6.45) is 0.309. The van der Waals surface area contributed by atoms with Crippen molar-refractivity contribution in [1.29, 1.82) is 0 Å². The summed E-state index contributed by atoms with van der Waals surface area (Å²) >= 11 is 0. The van der Waals surface area contributed by atoms with E-state index in [0.717, 1.165) is 0 Å². The van der Waals surface area contributed by atoms with Crippen molar-refractivity contribution < 1.29 is 24.2 Å². The zero-order chi connectivity index (χ0) is 14.6. The normalized spacial score (nSPS) is 15.4. The number of aliphatic hydroxyl groups is 1. The number of carboxylic acid groups (broad SMARTS) is 1. The maximum absolute atomic E-state index is 11.6. The highest BCUT2D eigenvalue weighted by atomic mass is 16.4. The number of aliphatic hydroxyl groups excluding tert-OH is 1. The molecule has 3 atom stereocenters. The Balaban J connectivity index is 2.57. The summed E-state index contributed by atoms with van der Waals surface area (Å²) in [5.74, 6) is -0.391. The van der Waals surface area contributed by atoms with Gasteiger partial charge in [0.05, 0.1) is 12.3 Å². The molecule has 0 saturated carbocycles. The molecule has 0 aromatic carbocycles. The Morgan fingerprint density at radius 2 is 2.00 bits per heavy atom. The standard InChI is InChI=1S/C11H17N3O5/c1-5-4-12-9(19-5)6(2)13-11(18)14-8(7(3)15)10(16)17/h4,6-8,15H,1-3H3,(H,16,17)(H2,13,14,18). The highest BCUT2D eigenvalue weighted by Gasteiger charge is 2.26. The fourth-order valence-corrected chi connectivity index (χ4v) is 1.40. The van der Waals surface area contributed by atoms with E-state index in [1.807, 2.05) is 0 Å². The predicted octanol–water partition coefficient (Wildman–Crippen LogP) is 0.177. The zero-order valence-corrected chi connectivity index (χ0v) is 10.9. The number of nitrogens with zero attached hydrogens (tertiary/aromatic N) is 1. The first-order valence-electron chi connectivity index (χ1n) is 5.71. The molecule has 1 heterocycles. The second-order valence-electron chi connectivity index (χ2n) is 4.21. The van der Waals surface area contributed by atoms with Gasteiger partial charge in [0.15, 0.2) is 6.04 Å². The fourth-order valence-electron chi connectivity index (χ4n) is 1.40. The van der Waals surface area contributed by atoms with Gasteiger partial charge in [-0.2, -0.15) is 0 Å². The number of rotatable bonds is 5. The lowest BCUT2D eigenvalue weighted by atomic mass is 10.2. The van der Waals surface area contributed by atoms with E-state index in [1.165, 1.54) is 13.1 Å². The third-order valence-electron chi connectivity index (χ3n) is 2.39. The van der Waals surface area contributed by atoms with Crippen molar-refractivity contribution in [3.8, 4) is 0 Å². The van der Waals surface area contributed by atoms with Gasteiger partial charge in [0.2, 0.25) is 5.89 Å². The van der Waals surface area contributed by atoms with E-state index in [0.29, 0.717) is 11.7 Å². The predicted molar refractivity (Wildman–Crippen MR) is 64.4 cm³/mol. The number of aromatic nitrogens is 1. The van der Waals surface area contributed by atoms with Crippen molar-refractivity contribution >= 4 is 12.0 Å². The number of carbonyl (C=O) groups excluding carboxylic acids is 1. The van der Waals surface area contributed by atoms with Crippen LogP contribution < -0.4 is 10.6 Å². The van der Waals surface area contributed by atoms with Crippen LogP contribution in [0.3, 0.4) is 0 Å². The SMILES string of the molecule is Cc1cnc(C(C)NC(=O)NC(C(=O)O)C(C)O)o1. The van der Waals surface area contributed by atoms with Gasteiger partial charge < -0.3 is 25.3 Å². The van der Waals surface area contributed by atoms with Gasteiger partial charge in [0.1, 0.15) is 11.8 Å². The smallest absolute Gasteiger partial charge is 0.328 e. The maximum atomic E-state index is 11.6. The molecular weight excluding hydrogens is 254 g/mol. The molecule has 1 rings (SSSR count). The number of aliphatic carboxylic acids is 1. The van der Waals surface area contributed by atoms with Crippen molar-refractivity contribution in [3.05, 3.63) is 17.8 Å². The molecule has 8 nitrogen and oxygen atoms in total. The average Bonchev–Trinajstić information content (AvgIpc) is 2.72. The van der Waals surface area contributed by atoms with E-state index in [4.69, 9.17) is 9.52 Å². The van der Waals surface area contributed by atoms with Crippen LogP contribution in [0, 0.1) is 6.92 Å². The van der Waals surface area contributed by atoms with Gasteiger partial charge in [-0.25, -0.2) is 14.6 Å². The summed E-state index contributed by atoms with van der Waals surface area (Å²) < 4.78 is 5.23. The summed E-state index contributed by atoms with van der Waals surface area (Å²) in [5, 5.41) is 22.7. The Hall–Kier alpha value is -2.09. The number of oxazole rings is 1. The molecule has 19 heavy (non-hydrogen) atoms. The summed E-state index contributed by atoms with van der Waals surface area (Å²) in [7, 11) is 0. The van der Waals surface area contributed by atoms with Crippen LogP contribution in [0.5, 0.6) is 0 Å². The number of amides is 2. The van der Waals surface area contributed by atoms with Gasteiger partial charge in [0.25, 0.3) is 0 Å². The maximum Gasteiger partial charge on any atom is 0.328 e. The number of hydrogen-bond donors (Lipinski definition) is 4. The first-order valence-corrected chi connectivity index (χ1v) is 5.71. The minimum Gasteiger partial charge on any atom is -0.480 e. The zero-order valence-electron chi connectivity index (χ0n) is 10.9. The van der Waals surface area contributed by atoms with Gasteiger partial charge in [0, 0.05) is 0 Å². The number of carbonyl (C=O) groups is 2. The van der Waals surface area contributed by atoms with Crippen LogP contribution in [0.25, 0.3) is 0 Å². The third kappa shape index (κ3) is 4.25. The Kier molecular flexibility index (Phi) is 4.87. The number of aryl methyl sites for hydroxylation is 1. The highest BCUT2D eigenvalue weighted by molar-refractivity contribution is 5.83. The molecule has 0 fully saturated rings. The molecule has 3 unspecified atom stereocenters. The van der Waals surface area contributed by atoms with Gasteiger partial charge in [-0.1, -0.05) is 0 Å². The molecule has 2 amide bonds. The second-order valence-corrected chi connectivity index (χ2v) is 4.21. The van der Waals surface area contributed by atoms with Crippen molar-refractivity contribution in [2.75, 3.05) is 0 Å². The Morgan fingerprint density at radius 1 is 1.37 bits per heavy atom. The average molecular weight is 271 g/mol. The van der Waals surface area contributed by atoms with Crippen molar-refractivity contribution in [2.24, 2.45) is 0 Å². The summed E-state index contributed by atoms with van der Waals surface area (Å²) in [6.45, 7) is 4.64. The summed E-state index contributed by atoms with van der Waals surface area (Å²) in [6, 6.07) is -2.62. The van der Waals surface area contributed by atoms with Crippen LogP contribution in [-0.2, 0) is 4.79 Å². The van der Waals surface area contributed by atoms with Crippen LogP contribution >= 0.6 is 0 Å². The number of hydrogen-bond acceptors (Lipinski definition) is 5. The molecule has 0 aliphatic heterocycles. The van der Waals surface area contributed by atoms with Gasteiger partial charge in [-0.3, -0.25) is 0 Å². The molecule has 4 N–H and O–H groups in total. The lowest BCUT2D eigenvalue weighted by molar-refractivity contribution is -0.141. The van der Waals surface area contributed by atoms with Crippen LogP contribution in [0.2, 0.25) is 0 Å². The molecule has 1 aromatic rings. The van der Waals surface area contributed by atoms with Crippen LogP contribution in [-0.4, -0.2) is 39.3 Å². The Bertz CT molecular complexity index is 457. The van der Waals surface area contributed by atoms with Gasteiger partial charge >= 0.3 is 12.0 Å². The largest absolute Gasteiger partial charge is 0.480 e.